The van der Waals surface area contributed by atoms with Crippen LogP contribution in [0.5, 0.6) is 11.8 Å². The third-order valence-corrected chi connectivity index (χ3v) is 1.80. The van der Waals surface area contributed by atoms with E-state index in [1.165, 1.54) is 21.3 Å². The van der Waals surface area contributed by atoms with Crippen LogP contribution in [0.2, 0.25) is 0 Å². The van der Waals surface area contributed by atoms with Gasteiger partial charge in [0.25, 0.3) is 11.6 Å². The molecule has 0 aliphatic rings. The van der Waals surface area contributed by atoms with E-state index in [0.717, 1.165) is 4.57 Å². The highest BCUT2D eigenvalue weighted by Crippen LogP contribution is 2.13. The van der Waals surface area contributed by atoms with Crippen molar-refractivity contribution in [1.82, 2.24) is 9.55 Å². The minimum atomic E-state index is -1.34. The third kappa shape index (κ3) is 1.76. The van der Waals surface area contributed by atoms with E-state index in [2.05, 4.69) is 9.72 Å². The number of rotatable bonds is 3. The van der Waals surface area contributed by atoms with Crippen molar-refractivity contribution in [1.29, 1.82) is 0 Å². The summed E-state index contributed by atoms with van der Waals surface area (Å²) in [7, 11) is 3.90. The number of carboxylic acid groups (broad SMARTS) is 1. The Kier molecular flexibility index (Phi) is 2.93. The molecule has 7 nitrogen and oxygen atoms in total. The van der Waals surface area contributed by atoms with E-state index in [9.17, 15) is 9.59 Å². The van der Waals surface area contributed by atoms with Gasteiger partial charge in [0, 0.05) is 7.05 Å². The standard InChI is InChI=1S/C8H10N2O5/c1-10-6(11)5(14-2)4(7(12)13)9-8(10)15-3/h1-3H3,(H,12,13). The lowest BCUT2D eigenvalue weighted by Crippen LogP contribution is -2.24. The first kappa shape index (κ1) is 11.0. The highest BCUT2D eigenvalue weighted by Gasteiger charge is 2.20. The molecule has 0 fully saturated rings. The number of hydrogen-bond donors (Lipinski definition) is 1. The van der Waals surface area contributed by atoms with Gasteiger partial charge in [-0.3, -0.25) is 9.36 Å². The fourth-order valence-electron chi connectivity index (χ4n) is 1.07. The van der Waals surface area contributed by atoms with Gasteiger partial charge in [0.1, 0.15) is 0 Å². The predicted molar refractivity (Wildman–Crippen MR) is 49.5 cm³/mol. The third-order valence-electron chi connectivity index (χ3n) is 1.80. The van der Waals surface area contributed by atoms with Crippen molar-refractivity contribution >= 4 is 5.97 Å². The van der Waals surface area contributed by atoms with E-state index in [0.29, 0.717) is 0 Å². The first-order valence-corrected chi connectivity index (χ1v) is 3.95. The fraction of sp³-hybridized carbons (Fsp3) is 0.375. The van der Waals surface area contributed by atoms with Crippen LogP contribution in [0.1, 0.15) is 10.5 Å². The summed E-state index contributed by atoms with van der Waals surface area (Å²) in [6.45, 7) is 0. The molecule has 15 heavy (non-hydrogen) atoms. The predicted octanol–water partition coefficient (Wildman–Crippen LogP) is -0.504. The normalized spacial score (nSPS) is 9.80. The average molecular weight is 214 g/mol. The lowest BCUT2D eigenvalue weighted by atomic mass is 10.3. The van der Waals surface area contributed by atoms with Crippen molar-refractivity contribution in [2.75, 3.05) is 14.2 Å². The van der Waals surface area contributed by atoms with E-state index in [1.54, 1.807) is 0 Å². The summed E-state index contributed by atoms with van der Waals surface area (Å²) < 4.78 is 10.5. The number of carboxylic acids is 1. The van der Waals surface area contributed by atoms with Crippen LogP contribution < -0.4 is 15.0 Å². The summed E-state index contributed by atoms with van der Waals surface area (Å²) in [6, 6.07) is -0.0850. The highest BCUT2D eigenvalue weighted by molar-refractivity contribution is 5.88. The molecule has 1 heterocycles. The fourth-order valence-corrected chi connectivity index (χ4v) is 1.07. The minimum absolute atomic E-state index is 0.0850. The number of ether oxygens (including phenoxy) is 2. The molecule has 0 amide bonds. The van der Waals surface area contributed by atoms with Crippen molar-refractivity contribution in [2.45, 2.75) is 0 Å². The molecule has 0 radical (unpaired) electrons. The van der Waals surface area contributed by atoms with E-state index in [-0.39, 0.29) is 11.8 Å². The van der Waals surface area contributed by atoms with Gasteiger partial charge in [-0.05, 0) is 0 Å². The molecule has 0 spiro atoms. The van der Waals surface area contributed by atoms with E-state index in [1.807, 2.05) is 0 Å². The Hall–Kier alpha value is -2.05. The average Bonchev–Trinajstić information content (AvgIpc) is 2.21. The zero-order valence-electron chi connectivity index (χ0n) is 8.47. The second-order valence-electron chi connectivity index (χ2n) is 2.65. The summed E-state index contributed by atoms with van der Waals surface area (Å²) >= 11 is 0. The molecule has 0 bridgehead atoms. The Bertz CT molecular complexity index is 451. The van der Waals surface area contributed by atoms with Crippen LogP contribution in [0, 0.1) is 0 Å². The number of carbonyl (C=O) groups is 1. The van der Waals surface area contributed by atoms with Gasteiger partial charge in [-0.15, -0.1) is 0 Å². The van der Waals surface area contributed by atoms with Gasteiger partial charge in [0.15, 0.2) is 0 Å². The van der Waals surface area contributed by atoms with Gasteiger partial charge in [-0.2, -0.15) is 4.98 Å². The molecule has 82 valence electrons. The van der Waals surface area contributed by atoms with Gasteiger partial charge < -0.3 is 14.6 Å². The molecule has 0 saturated carbocycles. The quantitative estimate of drug-likeness (QED) is 0.729. The summed E-state index contributed by atoms with van der Waals surface area (Å²) in [6.07, 6.45) is 0. The van der Waals surface area contributed by atoms with Crippen molar-refractivity contribution in [3.8, 4) is 11.8 Å². The molecular weight excluding hydrogens is 204 g/mol. The molecule has 1 aromatic heterocycles. The summed E-state index contributed by atoms with van der Waals surface area (Å²) in [5.41, 5.74) is -1.07. The minimum Gasteiger partial charge on any atom is -0.489 e. The largest absolute Gasteiger partial charge is 0.489 e. The smallest absolute Gasteiger partial charge is 0.358 e. The van der Waals surface area contributed by atoms with Gasteiger partial charge >= 0.3 is 5.97 Å². The van der Waals surface area contributed by atoms with Crippen LogP contribution in [-0.4, -0.2) is 34.8 Å². The molecule has 0 saturated heterocycles. The van der Waals surface area contributed by atoms with Gasteiger partial charge in [0.2, 0.25) is 11.4 Å². The van der Waals surface area contributed by atoms with Crippen LogP contribution in [0.25, 0.3) is 0 Å². The van der Waals surface area contributed by atoms with Crippen LogP contribution in [0.4, 0.5) is 0 Å². The van der Waals surface area contributed by atoms with Crippen molar-refractivity contribution in [2.24, 2.45) is 7.05 Å². The molecule has 1 rings (SSSR count). The van der Waals surface area contributed by atoms with Gasteiger partial charge in [-0.25, -0.2) is 4.79 Å². The summed E-state index contributed by atoms with van der Waals surface area (Å²) in [5, 5.41) is 8.79. The zero-order valence-corrected chi connectivity index (χ0v) is 8.47. The molecule has 7 heteroatoms. The Morgan fingerprint density at radius 3 is 2.40 bits per heavy atom. The van der Waals surface area contributed by atoms with Crippen molar-refractivity contribution in [3.63, 3.8) is 0 Å². The molecule has 1 aromatic rings. The maximum Gasteiger partial charge on any atom is 0.358 e. The van der Waals surface area contributed by atoms with Crippen molar-refractivity contribution < 1.29 is 19.4 Å². The van der Waals surface area contributed by atoms with E-state index < -0.39 is 17.2 Å². The van der Waals surface area contributed by atoms with Crippen LogP contribution in [0.15, 0.2) is 4.79 Å². The molecule has 0 aliphatic heterocycles. The van der Waals surface area contributed by atoms with Crippen LogP contribution in [-0.2, 0) is 7.05 Å². The molecule has 0 atom stereocenters. The summed E-state index contributed by atoms with van der Waals surface area (Å²) in [4.78, 5) is 26.0. The lowest BCUT2D eigenvalue weighted by Gasteiger charge is -2.09. The molecule has 0 aromatic carbocycles. The number of aromatic carboxylic acids is 1. The highest BCUT2D eigenvalue weighted by atomic mass is 16.5. The second kappa shape index (κ2) is 3.99. The van der Waals surface area contributed by atoms with E-state index >= 15 is 0 Å². The second-order valence-corrected chi connectivity index (χ2v) is 2.65. The Balaban J connectivity index is 3.59. The topological polar surface area (TPSA) is 90.7 Å². The molecule has 0 aliphatic carbocycles. The molecular formula is C8H10N2O5. The number of nitrogens with zero attached hydrogens (tertiary/aromatic N) is 2. The van der Waals surface area contributed by atoms with Crippen LogP contribution in [0.3, 0.4) is 0 Å². The maximum atomic E-state index is 11.6. The van der Waals surface area contributed by atoms with Crippen LogP contribution >= 0.6 is 0 Å². The first-order valence-electron chi connectivity index (χ1n) is 3.95. The SMILES string of the molecule is COc1c(C(=O)O)nc(OC)n(C)c1=O. The van der Waals surface area contributed by atoms with E-state index in [4.69, 9.17) is 9.84 Å². The Morgan fingerprint density at radius 2 is 2.00 bits per heavy atom. The van der Waals surface area contributed by atoms with Gasteiger partial charge in [-0.1, -0.05) is 0 Å². The molecule has 1 N–H and O–H groups in total. The lowest BCUT2D eigenvalue weighted by molar-refractivity contribution is 0.0684. The Labute approximate surface area is 84.9 Å². The number of aromatic nitrogens is 2. The maximum absolute atomic E-state index is 11.6. The monoisotopic (exact) mass is 214 g/mol. The molecule has 0 unspecified atom stereocenters. The van der Waals surface area contributed by atoms with Gasteiger partial charge in [0.05, 0.1) is 14.2 Å². The first-order chi connectivity index (χ1) is 7.02. The number of methoxy groups -OCH3 is 2. The zero-order chi connectivity index (χ0) is 11.6. The summed E-state index contributed by atoms with van der Waals surface area (Å²) in [5.74, 6) is -1.66. The number of hydrogen-bond acceptors (Lipinski definition) is 5. The Morgan fingerprint density at radius 1 is 1.40 bits per heavy atom. The van der Waals surface area contributed by atoms with Crippen molar-refractivity contribution in [3.05, 3.63) is 16.0 Å².